The van der Waals surface area contributed by atoms with Crippen LogP contribution in [0.4, 0.5) is 0 Å². The van der Waals surface area contributed by atoms with Crippen LogP contribution in [0.25, 0.3) is 11.0 Å². The van der Waals surface area contributed by atoms with E-state index in [0.29, 0.717) is 18.8 Å². The lowest BCUT2D eigenvalue weighted by molar-refractivity contribution is 0.0932. The maximum Gasteiger partial charge on any atom is 0.270 e. The lowest BCUT2D eigenvalue weighted by Gasteiger charge is -2.16. The smallest absolute Gasteiger partial charge is 0.270 e. The van der Waals surface area contributed by atoms with Crippen molar-refractivity contribution < 1.29 is 9.53 Å². The van der Waals surface area contributed by atoms with Crippen molar-refractivity contribution in [3.8, 4) is 0 Å². The van der Waals surface area contributed by atoms with Gasteiger partial charge in [0.05, 0.1) is 23.7 Å². The molecular formula is C18H20N4O2. The summed E-state index contributed by atoms with van der Waals surface area (Å²) in [7, 11) is 1.67. The van der Waals surface area contributed by atoms with Crippen molar-refractivity contribution in [2.24, 2.45) is 0 Å². The van der Waals surface area contributed by atoms with Gasteiger partial charge in [-0.15, -0.1) is 0 Å². The molecule has 0 aliphatic heterocycles. The van der Waals surface area contributed by atoms with Gasteiger partial charge in [-0.1, -0.05) is 18.2 Å². The normalized spacial score (nSPS) is 12.2. The van der Waals surface area contributed by atoms with Crippen molar-refractivity contribution in [3.05, 3.63) is 60.2 Å². The second kappa shape index (κ2) is 7.23. The minimum Gasteiger partial charge on any atom is -0.383 e. The lowest BCUT2D eigenvalue weighted by atomic mass is 10.2. The number of rotatable bonds is 6. The van der Waals surface area contributed by atoms with Crippen LogP contribution in [0, 0.1) is 0 Å². The maximum absolute atomic E-state index is 12.3. The summed E-state index contributed by atoms with van der Waals surface area (Å²) >= 11 is 0. The van der Waals surface area contributed by atoms with Gasteiger partial charge in [0.1, 0.15) is 11.5 Å². The molecule has 3 aromatic rings. The molecule has 1 aromatic carbocycles. The van der Waals surface area contributed by atoms with Gasteiger partial charge in [0, 0.05) is 19.9 Å². The topological polar surface area (TPSA) is 69.0 Å². The fourth-order valence-corrected chi connectivity index (χ4v) is 2.67. The molecule has 0 saturated carbocycles. The van der Waals surface area contributed by atoms with E-state index in [1.807, 2.05) is 31.2 Å². The van der Waals surface area contributed by atoms with Crippen molar-refractivity contribution in [2.45, 2.75) is 19.5 Å². The Kier molecular flexibility index (Phi) is 4.86. The monoisotopic (exact) mass is 324 g/mol. The highest BCUT2D eigenvalue weighted by Gasteiger charge is 2.19. The van der Waals surface area contributed by atoms with Gasteiger partial charge in [0.2, 0.25) is 0 Å². The van der Waals surface area contributed by atoms with Crippen LogP contribution >= 0.6 is 0 Å². The first-order valence-corrected chi connectivity index (χ1v) is 7.86. The number of fused-ring (bicyclic) bond motifs is 1. The molecule has 24 heavy (non-hydrogen) atoms. The molecular weight excluding hydrogens is 304 g/mol. The molecule has 1 amide bonds. The Balaban J connectivity index is 1.88. The van der Waals surface area contributed by atoms with Crippen LogP contribution in [0.1, 0.15) is 29.3 Å². The van der Waals surface area contributed by atoms with E-state index in [4.69, 9.17) is 4.74 Å². The molecule has 0 aliphatic rings. The zero-order valence-corrected chi connectivity index (χ0v) is 13.8. The predicted octanol–water partition coefficient (Wildman–Crippen LogP) is 2.57. The second-order valence-corrected chi connectivity index (χ2v) is 5.51. The summed E-state index contributed by atoms with van der Waals surface area (Å²) in [6.07, 6.45) is 1.60. The van der Waals surface area contributed by atoms with Gasteiger partial charge in [0.25, 0.3) is 5.91 Å². The second-order valence-electron chi connectivity index (χ2n) is 5.51. The van der Waals surface area contributed by atoms with Gasteiger partial charge in [-0.3, -0.25) is 9.78 Å². The van der Waals surface area contributed by atoms with Crippen LogP contribution in [0.3, 0.4) is 0 Å². The highest BCUT2D eigenvalue weighted by molar-refractivity contribution is 5.92. The van der Waals surface area contributed by atoms with Crippen LogP contribution in [0.5, 0.6) is 0 Å². The third-order valence-corrected chi connectivity index (χ3v) is 3.84. The van der Waals surface area contributed by atoms with Gasteiger partial charge in [-0.25, -0.2) is 4.98 Å². The highest BCUT2D eigenvalue weighted by atomic mass is 16.5. The average Bonchev–Trinajstić information content (AvgIpc) is 2.99. The molecule has 0 aliphatic carbocycles. The number of ether oxygens (including phenoxy) is 1. The molecule has 2 heterocycles. The number of para-hydroxylation sites is 2. The third kappa shape index (κ3) is 3.28. The van der Waals surface area contributed by atoms with Crippen molar-refractivity contribution in [3.63, 3.8) is 0 Å². The molecule has 6 heteroatoms. The first kappa shape index (κ1) is 16.1. The summed E-state index contributed by atoms with van der Waals surface area (Å²) in [5.74, 6) is 0.589. The summed E-state index contributed by atoms with van der Waals surface area (Å²) in [6, 6.07) is 12.9. The molecule has 0 radical (unpaired) electrons. The molecule has 124 valence electrons. The van der Waals surface area contributed by atoms with Crippen molar-refractivity contribution in [2.75, 3.05) is 13.7 Å². The number of hydrogen-bond donors (Lipinski definition) is 1. The largest absolute Gasteiger partial charge is 0.383 e. The zero-order chi connectivity index (χ0) is 16.9. The molecule has 1 unspecified atom stereocenters. The number of methoxy groups -OCH3 is 1. The van der Waals surface area contributed by atoms with E-state index < -0.39 is 0 Å². The highest BCUT2D eigenvalue weighted by Crippen LogP contribution is 2.21. The zero-order valence-electron chi connectivity index (χ0n) is 13.8. The summed E-state index contributed by atoms with van der Waals surface area (Å²) in [6.45, 7) is 3.18. The van der Waals surface area contributed by atoms with Crippen molar-refractivity contribution >= 4 is 16.9 Å². The van der Waals surface area contributed by atoms with E-state index in [2.05, 4.69) is 19.9 Å². The van der Waals surface area contributed by atoms with Crippen molar-refractivity contribution in [1.82, 2.24) is 19.9 Å². The molecule has 0 fully saturated rings. The summed E-state index contributed by atoms with van der Waals surface area (Å²) < 4.78 is 7.29. The van der Waals surface area contributed by atoms with E-state index in [1.54, 1.807) is 31.5 Å². The standard InChI is InChI=1S/C18H20N4O2/c1-13(20-18(23)15-8-5-6-10-19-15)17-21-14-7-3-4-9-16(14)22(17)11-12-24-2/h3-10,13H,11-12H2,1-2H3,(H,20,23). The van der Waals surface area contributed by atoms with Gasteiger partial charge >= 0.3 is 0 Å². The quantitative estimate of drug-likeness (QED) is 0.756. The predicted molar refractivity (Wildman–Crippen MR) is 91.7 cm³/mol. The van der Waals surface area contributed by atoms with E-state index in [-0.39, 0.29) is 11.9 Å². The Morgan fingerprint density at radius 1 is 1.25 bits per heavy atom. The molecule has 1 N–H and O–H groups in total. The van der Waals surface area contributed by atoms with Crippen LogP contribution in [0.15, 0.2) is 48.7 Å². The molecule has 3 rings (SSSR count). The van der Waals surface area contributed by atoms with Crippen molar-refractivity contribution in [1.29, 1.82) is 0 Å². The van der Waals surface area contributed by atoms with Crippen LogP contribution in [0.2, 0.25) is 0 Å². The number of imidazole rings is 1. The van der Waals surface area contributed by atoms with E-state index >= 15 is 0 Å². The van der Waals surface area contributed by atoms with Gasteiger partial charge in [0.15, 0.2) is 0 Å². The van der Waals surface area contributed by atoms with E-state index in [1.165, 1.54) is 0 Å². The van der Waals surface area contributed by atoms with Gasteiger partial charge in [-0.05, 0) is 31.2 Å². The Bertz CT molecular complexity index is 829. The molecule has 6 nitrogen and oxygen atoms in total. The number of pyridine rings is 1. The fraction of sp³-hybridized carbons (Fsp3) is 0.278. The SMILES string of the molecule is COCCn1c(C(C)NC(=O)c2ccccn2)nc2ccccc21. The Hall–Kier alpha value is -2.73. The number of carbonyl (C=O) groups is 1. The van der Waals surface area contributed by atoms with Gasteiger partial charge in [-0.2, -0.15) is 0 Å². The fourth-order valence-electron chi connectivity index (χ4n) is 2.67. The van der Waals surface area contributed by atoms with Crippen LogP contribution in [-0.4, -0.2) is 34.2 Å². The van der Waals surface area contributed by atoms with Gasteiger partial charge < -0.3 is 14.6 Å². The lowest BCUT2D eigenvalue weighted by Crippen LogP contribution is -2.29. The minimum absolute atomic E-state index is 0.214. The number of aromatic nitrogens is 3. The van der Waals surface area contributed by atoms with E-state index in [0.717, 1.165) is 16.9 Å². The first-order valence-electron chi connectivity index (χ1n) is 7.86. The number of nitrogens with zero attached hydrogens (tertiary/aromatic N) is 3. The van der Waals surface area contributed by atoms with Crippen LogP contribution in [-0.2, 0) is 11.3 Å². The summed E-state index contributed by atoms with van der Waals surface area (Å²) in [4.78, 5) is 21.1. The molecule has 0 saturated heterocycles. The maximum atomic E-state index is 12.3. The Morgan fingerprint density at radius 2 is 2.04 bits per heavy atom. The molecule has 1 atom stereocenters. The number of carbonyl (C=O) groups excluding carboxylic acids is 1. The molecule has 2 aromatic heterocycles. The average molecular weight is 324 g/mol. The number of benzene rings is 1. The van der Waals surface area contributed by atoms with E-state index in [9.17, 15) is 4.79 Å². The molecule has 0 bridgehead atoms. The number of nitrogens with one attached hydrogen (secondary N) is 1. The first-order chi connectivity index (χ1) is 11.7. The third-order valence-electron chi connectivity index (χ3n) is 3.84. The number of amides is 1. The minimum atomic E-state index is -0.247. The Morgan fingerprint density at radius 3 is 2.79 bits per heavy atom. The summed E-state index contributed by atoms with van der Waals surface area (Å²) in [5, 5.41) is 2.96. The Labute approximate surface area is 140 Å². The number of hydrogen-bond acceptors (Lipinski definition) is 4. The molecule has 0 spiro atoms. The summed E-state index contributed by atoms with van der Waals surface area (Å²) in [5.41, 5.74) is 2.33. The van der Waals surface area contributed by atoms with Crippen LogP contribution < -0.4 is 5.32 Å².